The molecule has 6 bridgehead atoms. The lowest BCUT2D eigenvalue weighted by Crippen LogP contribution is -2.62. The van der Waals surface area contributed by atoms with E-state index in [1.165, 1.54) is 34.5 Å². The van der Waals surface area contributed by atoms with E-state index in [1.807, 2.05) is 24.5 Å². The second-order valence-corrected chi connectivity index (χ2v) is 18.9. The number of phenolic OH excluding ortho intramolecular Hbond substituents is 1. The minimum Gasteiger partial charge on any atom is -0.508 e. The zero-order valence-electron chi connectivity index (χ0n) is 38.8. The number of cyclic esters (lactones) is 1. The van der Waals surface area contributed by atoms with Gasteiger partial charge in [0.25, 0.3) is 5.91 Å². The van der Waals surface area contributed by atoms with Gasteiger partial charge in [-0.1, -0.05) is 46.8 Å². The van der Waals surface area contributed by atoms with Gasteiger partial charge in [0.1, 0.15) is 29.9 Å². The summed E-state index contributed by atoms with van der Waals surface area (Å²) in [4.78, 5) is 76.6. The number of nitrogens with one attached hydrogen (secondary N) is 3. The number of fused-ring (bicyclic) bond motifs is 6. The van der Waals surface area contributed by atoms with Crippen LogP contribution in [0.4, 0.5) is 0 Å². The van der Waals surface area contributed by atoms with Crippen LogP contribution in [0.15, 0.2) is 54.9 Å². The fraction of sp³-hybridized carbons (Fsp3) is 0.510. The lowest BCUT2D eigenvalue weighted by atomic mass is 9.84. The van der Waals surface area contributed by atoms with Crippen molar-refractivity contribution in [2.45, 2.75) is 110 Å². The molecule has 2 aromatic heterocycles. The van der Waals surface area contributed by atoms with Gasteiger partial charge in [-0.15, -0.1) is 0 Å². The number of aromatic nitrogens is 2. The van der Waals surface area contributed by atoms with Gasteiger partial charge in [-0.05, 0) is 96.7 Å². The average Bonchev–Trinajstić information content (AvgIpc) is 4.02. The van der Waals surface area contributed by atoms with E-state index in [-0.39, 0.29) is 50.4 Å². The number of aromatic hydroxyl groups is 1. The van der Waals surface area contributed by atoms with Crippen LogP contribution in [0.3, 0.4) is 0 Å². The number of aliphatic hydroxyl groups excluding tert-OH is 1. The summed E-state index contributed by atoms with van der Waals surface area (Å²) in [6.45, 7) is 12.6. The molecule has 2 fully saturated rings. The van der Waals surface area contributed by atoms with Gasteiger partial charge in [0.15, 0.2) is 0 Å². The number of hydrogen-bond donors (Lipinski definition) is 5. The van der Waals surface area contributed by atoms with Crippen LogP contribution < -0.4 is 16.1 Å². The minimum absolute atomic E-state index is 0.0182. The molecule has 16 heteroatoms. The lowest BCUT2D eigenvalue weighted by molar-refractivity contribution is -0.155. The summed E-state index contributed by atoms with van der Waals surface area (Å²) in [5.74, 6) is -2.82. The molecule has 2 aromatic carbocycles. The van der Waals surface area contributed by atoms with Crippen LogP contribution >= 0.6 is 0 Å². The van der Waals surface area contributed by atoms with Crippen molar-refractivity contribution < 1.29 is 38.9 Å². The maximum atomic E-state index is 14.7. The van der Waals surface area contributed by atoms with Crippen molar-refractivity contribution in [2.24, 2.45) is 11.3 Å². The molecular weight excluding hydrogens is 829 g/mol. The van der Waals surface area contributed by atoms with E-state index in [2.05, 4.69) is 71.5 Å². The van der Waals surface area contributed by atoms with E-state index in [9.17, 15) is 34.2 Å². The number of phenols is 1. The minimum atomic E-state index is -1.19. The first-order valence-electron chi connectivity index (χ1n) is 22.8. The summed E-state index contributed by atoms with van der Waals surface area (Å²) in [6.07, 6.45) is 6.04. The Labute approximate surface area is 380 Å². The third kappa shape index (κ3) is 10.0. The highest BCUT2D eigenvalue weighted by molar-refractivity contribution is 5.96. The summed E-state index contributed by atoms with van der Waals surface area (Å²) in [6, 6.07) is 9.51. The SMILES string of the molecule is CCc1ccncc1-c1c2c3cc(ccc3n1CC)-c1cc(O)cc(c1)C[C@H](NC(=O)[C@H](C(C)C)N(C)C(=O)CN(C)C(=O)[C@@H]1N[C@@H]1CO)C(=O)N1CCC[C@H](N1)C(=O)OCC(C)(C)C2. The Morgan fingerprint density at radius 2 is 1.83 bits per heavy atom. The summed E-state index contributed by atoms with van der Waals surface area (Å²) < 4.78 is 8.39. The number of aryl methyl sites for hydroxylation is 2. The first-order valence-corrected chi connectivity index (χ1v) is 22.8. The Morgan fingerprint density at radius 1 is 1.06 bits per heavy atom. The lowest BCUT2D eigenvalue weighted by Gasteiger charge is -2.37. The van der Waals surface area contributed by atoms with Gasteiger partial charge in [-0.2, -0.15) is 0 Å². The molecule has 0 aliphatic carbocycles. The maximum Gasteiger partial charge on any atom is 0.324 e. The van der Waals surface area contributed by atoms with Crippen molar-refractivity contribution in [2.75, 3.05) is 40.4 Å². The Hall–Kier alpha value is -5.84. The van der Waals surface area contributed by atoms with E-state index in [0.29, 0.717) is 36.9 Å². The number of carbonyl (C=O) groups is 5. The number of hydrogen-bond acceptors (Lipinski definition) is 11. The Balaban J connectivity index is 1.27. The number of benzene rings is 2. The number of hydrazine groups is 1. The molecule has 3 aliphatic rings. The van der Waals surface area contributed by atoms with Gasteiger partial charge in [0.05, 0.1) is 31.5 Å². The van der Waals surface area contributed by atoms with E-state index in [0.717, 1.165) is 39.7 Å². The molecule has 7 rings (SSSR count). The summed E-state index contributed by atoms with van der Waals surface area (Å²) >= 11 is 0. The van der Waals surface area contributed by atoms with Crippen LogP contribution in [-0.4, -0.2) is 135 Å². The smallest absolute Gasteiger partial charge is 0.324 e. The molecule has 65 heavy (non-hydrogen) atoms. The molecule has 5 atom stereocenters. The predicted molar refractivity (Wildman–Crippen MR) is 246 cm³/mol. The number of amides is 4. The highest BCUT2D eigenvalue weighted by atomic mass is 16.5. The molecule has 3 aliphatic heterocycles. The van der Waals surface area contributed by atoms with Gasteiger partial charge in [-0.3, -0.25) is 39.3 Å². The topological polar surface area (TPSA) is 209 Å². The first-order chi connectivity index (χ1) is 30.9. The van der Waals surface area contributed by atoms with E-state index in [1.54, 1.807) is 26.0 Å². The van der Waals surface area contributed by atoms with Gasteiger partial charge in [0, 0.05) is 67.9 Å². The fourth-order valence-corrected chi connectivity index (χ4v) is 9.50. The number of ether oxygens (including phenoxy) is 1. The van der Waals surface area contributed by atoms with Crippen LogP contribution in [0.2, 0.25) is 0 Å². The average molecular weight is 893 g/mol. The number of carbonyl (C=O) groups excluding carboxylic acids is 5. The Bertz CT molecular complexity index is 2470. The molecule has 16 nitrogen and oxygen atoms in total. The Morgan fingerprint density at radius 3 is 2.52 bits per heavy atom. The van der Waals surface area contributed by atoms with Gasteiger partial charge in [-0.25, -0.2) is 5.43 Å². The molecular formula is C49H64N8O8. The van der Waals surface area contributed by atoms with E-state index < -0.39 is 59.2 Å². The summed E-state index contributed by atoms with van der Waals surface area (Å²) in [5.41, 5.74) is 10.1. The Kier molecular flexibility index (Phi) is 14.0. The van der Waals surface area contributed by atoms with Gasteiger partial charge in [0.2, 0.25) is 17.7 Å². The van der Waals surface area contributed by atoms with E-state index >= 15 is 0 Å². The fourth-order valence-electron chi connectivity index (χ4n) is 9.50. The molecule has 2 saturated heterocycles. The standard InChI is InChI=1S/C49H64N8O8/c1-9-30-15-16-50-24-36(30)44-35-23-49(5,6)27-65-48(64)37-12-11-17-57(53-37)46(62)38(20-29-18-32(21-33(59)19-29)31-13-14-40(34(35)22-31)56(44)10-2)52-45(61)43(28(3)4)55(8)41(60)25-54(7)47(63)42-39(26-58)51-42/h13-16,18-19,21-22,24,28,37-39,42-43,51,53,58-59H,9-12,17,20,23,25-27H2,1-8H3,(H,52,61)/t37-,38-,39+,42+,43-/m0/s1. The van der Waals surface area contributed by atoms with Gasteiger partial charge < -0.3 is 34.6 Å². The predicted octanol–water partition coefficient (Wildman–Crippen LogP) is 3.58. The number of esters is 1. The maximum absolute atomic E-state index is 14.7. The number of pyridine rings is 1. The van der Waals surface area contributed by atoms with Crippen molar-refractivity contribution >= 4 is 40.5 Å². The second-order valence-electron chi connectivity index (χ2n) is 18.9. The molecule has 5 heterocycles. The van der Waals surface area contributed by atoms with Crippen LogP contribution in [0.25, 0.3) is 33.3 Å². The molecule has 0 unspecified atom stereocenters. The quantitative estimate of drug-likeness (QED) is 0.109. The molecule has 4 aromatic rings. The number of aliphatic hydroxyl groups is 1. The molecule has 5 N–H and O–H groups in total. The highest BCUT2D eigenvalue weighted by Gasteiger charge is 2.44. The van der Waals surface area contributed by atoms with Crippen LogP contribution in [0.5, 0.6) is 5.75 Å². The van der Waals surface area contributed by atoms with Crippen molar-refractivity contribution in [3.8, 4) is 28.1 Å². The van der Waals surface area contributed by atoms with Crippen molar-refractivity contribution in [3.05, 3.63) is 71.5 Å². The number of nitrogens with zero attached hydrogens (tertiary/aromatic N) is 5. The molecule has 0 radical (unpaired) electrons. The zero-order chi connectivity index (χ0) is 46.9. The molecule has 4 amide bonds. The van der Waals surface area contributed by atoms with Gasteiger partial charge >= 0.3 is 5.97 Å². The molecule has 0 spiro atoms. The number of rotatable bonds is 11. The van der Waals surface area contributed by atoms with Crippen LogP contribution in [0, 0.1) is 11.3 Å². The highest BCUT2D eigenvalue weighted by Crippen LogP contribution is 2.41. The van der Waals surface area contributed by atoms with Crippen LogP contribution in [-0.2, 0) is 54.5 Å². The monoisotopic (exact) mass is 892 g/mol. The molecule has 0 saturated carbocycles. The van der Waals surface area contributed by atoms with Crippen molar-refractivity contribution in [3.63, 3.8) is 0 Å². The largest absolute Gasteiger partial charge is 0.508 e. The van der Waals surface area contributed by atoms with Crippen molar-refractivity contribution in [1.82, 2.24) is 40.4 Å². The first kappa shape index (κ1) is 47.1. The van der Waals surface area contributed by atoms with Crippen LogP contribution in [0.1, 0.15) is 71.1 Å². The third-order valence-corrected chi connectivity index (χ3v) is 13.0. The number of likely N-dealkylation sites (N-methyl/N-ethyl adjacent to an activating group) is 2. The second kappa shape index (κ2) is 19.3. The summed E-state index contributed by atoms with van der Waals surface area (Å²) in [7, 11) is 2.99. The molecule has 348 valence electrons. The van der Waals surface area contributed by atoms with Crippen molar-refractivity contribution in [1.29, 1.82) is 0 Å². The summed E-state index contributed by atoms with van der Waals surface area (Å²) in [5, 5.41) is 28.9. The van der Waals surface area contributed by atoms with E-state index in [4.69, 9.17) is 4.74 Å². The normalized spacial score (nSPS) is 21.4. The zero-order valence-corrected chi connectivity index (χ0v) is 38.8. The third-order valence-electron chi connectivity index (χ3n) is 13.0.